The van der Waals surface area contributed by atoms with Crippen LogP contribution in [0.4, 0.5) is 11.4 Å². The average molecular weight is 291 g/mol. The van der Waals surface area contributed by atoms with Crippen LogP contribution in [0.2, 0.25) is 0 Å². The van der Waals surface area contributed by atoms with Crippen molar-refractivity contribution in [3.63, 3.8) is 0 Å². The Hall–Kier alpha value is -1.88. The van der Waals surface area contributed by atoms with Gasteiger partial charge >= 0.3 is 0 Å². The van der Waals surface area contributed by atoms with Gasteiger partial charge in [0.25, 0.3) is 0 Å². The molecule has 0 aliphatic rings. The first-order valence-corrected chi connectivity index (χ1v) is 7.34. The lowest BCUT2D eigenvalue weighted by molar-refractivity contribution is -0.119. The van der Waals surface area contributed by atoms with Crippen molar-refractivity contribution in [2.45, 2.75) is 33.6 Å². The summed E-state index contributed by atoms with van der Waals surface area (Å²) >= 11 is 0. The van der Waals surface area contributed by atoms with Crippen LogP contribution in [0.15, 0.2) is 18.2 Å². The maximum atomic E-state index is 12.1. The van der Waals surface area contributed by atoms with E-state index in [0.29, 0.717) is 13.0 Å². The van der Waals surface area contributed by atoms with E-state index in [1.165, 1.54) is 0 Å². The van der Waals surface area contributed by atoms with Crippen LogP contribution in [0.5, 0.6) is 0 Å². The standard InChI is InChI=1S/C16H25N3O2/c1-5-7-15(20)18-13-8-6-9-14(12(13)3)19-16(21)11(2)10-17-4/h6,8-9,11,17H,5,7,10H2,1-4H3,(H,18,20)(H,19,21). The smallest absolute Gasteiger partial charge is 0.228 e. The molecule has 1 atom stereocenters. The average Bonchev–Trinajstić information content (AvgIpc) is 2.43. The zero-order valence-corrected chi connectivity index (χ0v) is 13.2. The van der Waals surface area contributed by atoms with Crippen LogP contribution >= 0.6 is 0 Å². The van der Waals surface area contributed by atoms with Crippen molar-refractivity contribution in [2.75, 3.05) is 24.2 Å². The van der Waals surface area contributed by atoms with Crippen molar-refractivity contribution in [3.05, 3.63) is 23.8 Å². The predicted molar refractivity (Wildman–Crippen MR) is 86.4 cm³/mol. The van der Waals surface area contributed by atoms with Gasteiger partial charge in [0.05, 0.1) is 0 Å². The van der Waals surface area contributed by atoms with E-state index < -0.39 is 0 Å². The highest BCUT2D eigenvalue weighted by Crippen LogP contribution is 2.24. The molecule has 0 saturated heterocycles. The number of nitrogens with one attached hydrogen (secondary N) is 3. The van der Waals surface area contributed by atoms with Crippen molar-refractivity contribution in [3.8, 4) is 0 Å². The highest BCUT2D eigenvalue weighted by atomic mass is 16.2. The van der Waals surface area contributed by atoms with E-state index in [2.05, 4.69) is 16.0 Å². The molecule has 1 unspecified atom stereocenters. The molecule has 0 bridgehead atoms. The molecule has 0 radical (unpaired) electrons. The summed E-state index contributed by atoms with van der Waals surface area (Å²) in [5, 5.41) is 8.77. The molecule has 5 nitrogen and oxygen atoms in total. The predicted octanol–water partition coefficient (Wildman–Crippen LogP) is 2.53. The molecule has 1 aromatic rings. The third-order valence-electron chi connectivity index (χ3n) is 3.30. The first kappa shape index (κ1) is 17.2. The Balaban J connectivity index is 2.80. The lowest BCUT2D eigenvalue weighted by atomic mass is 10.1. The molecule has 21 heavy (non-hydrogen) atoms. The van der Waals surface area contributed by atoms with Gasteiger partial charge in [-0.25, -0.2) is 0 Å². The Morgan fingerprint density at radius 1 is 1.19 bits per heavy atom. The normalized spacial score (nSPS) is 11.8. The second-order valence-electron chi connectivity index (χ2n) is 5.22. The minimum absolute atomic E-state index is 0.00683. The number of anilines is 2. The quantitative estimate of drug-likeness (QED) is 0.723. The van der Waals surface area contributed by atoms with Crippen molar-refractivity contribution < 1.29 is 9.59 Å². The van der Waals surface area contributed by atoms with E-state index >= 15 is 0 Å². The fourth-order valence-electron chi connectivity index (χ4n) is 2.00. The fraction of sp³-hybridized carbons (Fsp3) is 0.500. The van der Waals surface area contributed by atoms with Crippen molar-refractivity contribution in [1.29, 1.82) is 0 Å². The van der Waals surface area contributed by atoms with Crippen LogP contribution in [0.25, 0.3) is 0 Å². The molecule has 0 heterocycles. The van der Waals surface area contributed by atoms with Crippen molar-refractivity contribution in [1.82, 2.24) is 5.32 Å². The zero-order chi connectivity index (χ0) is 15.8. The molecule has 1 rings (SSSR count). The first-order valence-electron chi connectivity index (χ1n) is 7.34. The summed E-state index contributed by atoms with van der Waals surface area (Å²) in [5.74, 6) is -0.162. The van der Waals surface area contributed by atoms with Gasteiger partial charge in [0.2, 0.25) is 11.8 Å². The molecule has 2 amide bonds. The molecule has 116 valence electrons. The van der Waals surface area contributed by atoms with Crippen LogP contribution in [-0.2, 0) is 9.59 Å². The van der Waals surface area contributed by atoms with Crippen LogP contribution in [0, 0.1) is 12.8 Å². The summed E-state index contributed by atoms with van der Waals surface area (Å²) < 4.78 is 0. The first-order chi connectivity index (χ1) is 9.99. The van der Waals surface area contributed by atoms with Crippen molar-refractivity contribution in [2.24, 2.45) is 5.92 Å². The SMILES string of the molecule is CCCC(=O)Nc1cccc(NC(=O)C(C)CNC)c1C. The number of hydrogen-bond donors (Lipinski definition) is 3. The van der Waals surface area contributed by atoms with E-state index in [9.17, 15) is 9.59 Å². The van der Waals surface area contributed by atoms with Gasteiger partial charge in [0.1, 0.15) is 0 Å². The summed E-state index contributed by atoms with van der Waals surface area (Å²) in [7, 11) is 1.82. The highest BCUT2D eigenvalue weighted by Gasteiger charge is 2.14. The fourth-order valence-corrected chi connectivity index (χ4v) is 2.00. The van der Waals surface area contributed by atoms with Crippen LogP contribution in [0.1, 0.15) is 32.3 Å². The molecule has 5 heteroatoms. The molecular formula is C16H25N3O2. The van der Waals surface area contributed by atoms with E-state index in [4.69, 9.17) is 0 Å². The molecule has 0 spiro atoms. The summed E-state index contributed by atoms with van der Waals surface area (Å²) in [6.45, 7) is 6.35. The van der Waals surface area contributed by atoms with Gasteiger partial charge in [0.15, 0.2) is 0 Å². The third kappa shape index (κ3) is 5.19. The largest absolute Gasteiger partial charge is 0.326 e. The second-order valence-corrected chi connectivity index (χ2v) is 5.22. The molecule has 0 fully saturated rings. The molecular weight excluding hydrogens is 266 g/mol. The molecule has 0 aromatic heterocycles. The van der Waals surface area contributed by atoms with Gasteiger partial charge in [0, 0.05) is 30.3 Å². The molecule has 0 saturated carbocycles. The minimum atomic E-state index is -0.118. The van der Waals surface area contributed by atoms with Gasteiger partial charge < -0.3 is 16.0 Å². The van der Waals surface area contributed by atoms with Gasteiger partial charge in [-0.3, -0.25) is 9.59 Å². The molecule has 1 aromatic carbocycles. The molecule has 3 N–H and O–H groups in total. The number of amides is 2. The highest BCUT2D eigenvalue weighted by molar-refractivity contribution is 5.96. The van der Waals surface area contributed by atoms with E-state index in [-0.39, 0.29) is 17.7 Å². The van der Waals surface area contributed by atoms with Gasteiger partial charge in [-0.05, 0) is 38.1 Å². The maximum Gasteiger partial charge on any atom is 0.228 e. The van der Waals surface area contributed by atoms with Crippen LogP contribution in [-0.4, -0.2) is 25.4 Å². The lowest BCUT2D eigenvalue weighted by Gasteiger charge is -2.16. The van der Waals surface area contributed by atoms with Crippen molar-refractivity contribution >= 4 is 23.2 Å². The van der Waals surface area contributed by atoms with E-state index in [1.54, 1.807) is 0 Å². The van der Waals surface area contributed by atoms with Crippen LogP contribution < -0.4 is 16.0 Å². The molecule has 0 aliphatic heterocycles. The van der Waals surface area contributed by atoms with E-state index in [1.807, 2.05) is 46.0 Å². The minimum Gasteiger partial charge on any atom is -0.326 e. The van der Waals surface area contributed by atoms with Gasteiger partial charge in [-0.1, -0.05) is 19.9 Å². The number of hydrogen-bond acceptors (Lipinski definition) is 3. The summed E-state index contributed by atoms with van der Waals surface area (Å²) in [6.07, 6.45) is 1.30. The number of rotatable bonds is 7. The van der Waals surface area contributed by atoms with E-state index in [0.717, 1.165) is 23.4 Å². The summed E-state index contributed by atoms with van der Waals surface area (Å²) in [5.41, 5.74) is 2.34. The number of benzene rings is 1. The third-order valence-corrected chi connectivity index (χ3v) is 3.30. The second kappa shape index (κ2) is 8.42. The summed E-state index contributed by atoms with van der Waals surface area (Å²) in [4.78, 5) is 23.7. The van der Waals surface area contributed by atoms with Crippen LogP contribution in [0.3, 0.4) is 0 Å². The topological polar surface area (TPSA) is 70.2 Å². The Morgan fingerprint density at radius 2 is 1.81 bits per heavy atom. The maximum absolute atomic E-state index is 12.1. The number of carbonyl (C=O) groups is 2. The Morgan fingerprint density at radius 3 is 2.38 bits per heavy atom. The number of carbonyl (C=O) groups excluding carboxylic acids is 2. The Labute approximate surface area is 126 Å². The lowest BCUT2D eigenvalue weighted by Crippen LogP contribution is -2.28. The Bertz CT molecular complexity index is 500. The summed E-state index contributed by atoms with van der Waals surface area (Å²) in [6, 6.07) is 5.51. The van der Waals surface area contributed by atoms with Gasteiger partial charge in [-0.2, -0.15) is 0 Å². The zero-order valence-electron chi connectivity index (χ0n) is 13.2. The monoisotopic (exact) mass is 291 g/mol. The molecule has 0 aliphatic carbocycles. The van der Waals surface area contributed by atoms with Gasteiger partial charge in [-0.15, -0.1) is 0 Å². The Kier molecular flexibility index (Phi) is 6.88.